The summed E-state index contributed by atoms with van der Waals surface area (Å²) in [5, 5.41) is 7.31. The highest BCUT2D eigenvalue weighted by Crippen LogP contribution is 2.13. The van der Waals surface area contributed by atoms with E-state index in [0.29, 0.717) is 23.9 Å². The summed E-state index contributed by atoms with van der Waals surface area (Å²) in [6.45, 7) is 2.14. The second-order valence-electron chi connectivity index (χ2n) is 5.27. The van der Waals surface area contributed by atoms with E-state index in [2.05, 4.69) is 25.1 Å². The van der Waals surface area contributed by atoms with E-state index in [1.54, 1.807) is 48.5 Å². The summed E-state index contributed by atoms with van der Waals surface area (Å²) >= 11 is 0. The molecule has 0 unspecified atom stereocenters. The molecule has 0 radical (unpaired) electrons. The summed E-state index contributed by atoms with van der Waals surface area (Å²) in [5.41, 5.74) is 1.54. The van der Waals surface area contributed by atoms with Gasteiger partial charge in [0.25, 0.3) is 0 Å². The maximum Gasteiger partial charge on any atom is 0.232 e. The molecule has 25 heavy (non-hydrogen) atoms. The van der Waals surface area contributed by atoms with Crippen LogP contribution in [0.15, 0.2) is 55.1 Å². The van der Waals surface area contributed by atoms with Crippen LogP contribution in [-0.2, 0) is 16.6 Å². The minimum atomic E-state index is -3.26. The van der Waals surface area contributed by atoms with Gasteiger partial charge in [-0.3, -0.25) is 9.71 Å². The number of rotatable bonds is 7. The van der Waals surface area contributed by atoms with Crippen molar-refractivity contribution in [1.82, 2.24) is 19.7 Å². The average molecular weight is 358 g/mol. The molecule has 2 N–H and O–H groups in total. The van der Waals surface area contributed by atoms with Crippen molar-refractivity contribution in [2.75, 3.05) is 15.8 Å². The second-order valence-corrected chi connectivity index (χ2v) is 7.28. The number of benzene rings is 1. The number of aromatic nitrogens is 4. The van der Waals surface area contributed by atoms with Crippen molar-refractivity contribution in [3.63, 3.8) is 0 Å². The van der Waals surface area contributed by atoms with E-state index in [0.717, 1.165) is 5.56 Å². The summed E-state index contributed by atoms with van der Waals surface area (Å²) < 4.78 is 27.2. The number of nitrogens with one attached hydrogen (secondary N) is 2. The highest BCUT2D eigenvalue weighted by atomic mass is 32.2. The first-order chi connectivity index (χ1) is 12.1. The second kappa shape index (κ2) is 7.31. The number of hydrogen-bond acceptors (Lipinski definition) is 6. The quantitative estimate of drug-likeness (QED) is 0.670. The minimum Gasteiger partial charge on any atom is -0.365 e. The molecule has 2 heterocycles. The fourth-order valence-corrected chi connectivity index (χ4v) is 2.73. The summed E-state index contributed by atoms with van der Waals surface area (Å²) in [5.74, 6) is 1.30. The van der Waals surface area contributed by atoms with Crippen molar-refractivity contribution in [3.8, 4) is 5.82 Å². The molecule has 0 atom stereocenters. The van der Waals surface area contributed by atoms with Crippen LogP contribution in [0.4, 0.5) is 11.5 Å². The van der Waals surface area contributed by atoms with E-state index in [1.165, 1.54) is 0 Å². The van der Waals surface area contributed by atoms with Crippen LogP contribution < -0.4 is 10.0 Å². The first-order valence-electron chi connectivity index (χ1n) is 7.71. The maximum absolute atomic E-state index is 11.5. The van der Waals surface area contributed by atoms with Gasteiger partial charge in [-0.05, 0) is 30.7 Å². The van der Waals surface area contributed by atoms with Gasteiger partial charge in [0.1, 0.15) is 5.82 Å². The van der Waals surface area contributed by atoms with Crippen molar-refractivity contribution in [2.24, 2.45) is 0 Å². The molecule has 0 spiro atoms. The molecule has 3 rings (SSSR count). The third-order valence-corrected chi connectivity index (χ3v) is 4.75. The normalized spacial score (nSPS) is 11.2. The van der Waals surface area contributed by atoms with Gasteiger partial charge >= 0.3 is 0 Å². The molecule has 9 heteroatoms. The smallest absolute Gasteiger partial charge is 0.232 e. The molecule has 130 valence electrons. The van der Waals surface area contributed by atoms with Crippen LogP contribution in [0.25, 0.3) is 5.82 Å². The molecule has 0 amide bonds. The zero-order valence-electron chi connectivity index (χ0n) is 13.6. The molecule has 1 aromatic carbocycles. The summed E-state index contributed by atoms with van der Waals surface area (Å²) in [4.78, 5) is 8.60. The Hall–Kier alpha value is -2.94. The van der Waals surface area contributed by atoms with Crippen molar-refractivity contribution in [1.29, 1.82) is 0 Å². The average Bonchev–Trinajstić information content (AvgIpc) is 3.16. The molecule has 3 aromatic rings. The molecule has 8 nitrogen and oxygen atoms in total. The van der Waals surface area contributed by atoms with E-state index < -0.39 is 10.0 Å². The molecular weight excluding hydrogens is 340 g/mol. The Bertz CT molecular complexity index is 924. The lowest BCUT2D eigenvalue weighted by atomic mass is 10.2. The zero-order chi connectivity index (χ0) is 17.7. The molecule has 0 bridgehead atoms. The third kappa shape index (κ3) is 4.54. The molecular formula is C16H18N6O2S. The lowest BCUT2D eigenvalue weighted by Gasteiger charge is -2.09. The lowest BCUT2D eigenvalue weighted by molar-refractivity contribution is 0.602. The molecule has 0 fully saturated rings. The largest absolute Gasteiger partial charge is 0.365 e. The Morgan fingerprint density at radius 2 is 1.96 bits per heavy atom. The van der Waals surface area contributed by atoms with Crippen molar-refractivity contribution >= 4 is 21.5 Å². The van der Waals surface area contributed by atoms with Gasteiger partial charge in [-0.1, -0.05) is 12.1 Å². The SMILES string of the molecule is CCS(=O)(=O)Nc1ccc(CNc2cncc(-n3cccn3)n2)cc1. The standard InChI is InChI=1S/C16H18N6O2S/c1-2-25(23,24)21-14-6-4-13(5-7-14)10-18-15-11-17-12-16(20-15)22-9-3-8-19-22/h3-9,11-12,21H,2,10H2,1H3,(H,18,20). The van der Waals surface area contributed by atoms with E-state index in [-0.39, 0.29) is 5.75 Å². The lowest BCUT2D eigenvalue weighted by Crippen LogP contribution is -2.14. The van der Waals surface area contributed by atoms with Crippen LogP contribution in [-0.4, -0.2) is 33.9 Å². The minimum absolute atomic E-state index is 0.0432. The van der Waals surface area contributed by atoms with Crippen LogP contribution in [0, 0.1) is 0 Å². The Morgan fingerprint density at radius 1 is 1.16 bits per heavy atom. The molecule has 2 aromatic heterocycles. The van der Waals surface area contributed by atoms with Crippen molar-refractivity contribution in [2.45, 2.75) is 13.5 Å². The topological polar surface area (TPSA) is 102 Å². The molecule has 0 aliphatic carbocycles. The van der Waals surface area contributed by atoms with Gasteiger partial charge in [0.15, 0.2) is 5.82 Å². The summed E-state index contributed by atoms with van der Waals surface area (Å²) in [6, 6.07) is 8.98. The van der Waals surface area contributed by atoms with Gasteiger partial charge in [-0.15, -0.1) is 0 Å². The van der Waals surface area contributed by atoms with Gasteiger partial charge < -0.3 is 5.32 Å². The van der Waals surface area contributed by atoms with Crippen LogP contribution in [0.3, 0.4) is 0 Å². The van der Waals surface area contributed by atoms with E-state index >= 15 is 0 Å². The molecule has 0 aliphatic rings. The third-order valence-electron chi connectivity index (χ3n) is 3.44. The Kier molecular flexibility index (Phi) is 4.94. The van der Waals surface area contributed by atoms with Crippen LogP contribution in [0.2, 0.25) is 0 Å². The Morgan fingerprint density at radius 3 is 2.64 bits per heavy atom. The predicted molar refractivity (Wildman–Crippen MR) is 96.0 cm³/mol. The van der Waals surface area contributed by atoms with E-state index in [9.17, 15) is 8.42 Å². The molecule has 0 aliphatic heterocycles. The maximum atomic E-state index is 11.5. The van der Waals surface area contributed by atoms with Crippen LogP contribution >= 0.6 is 0 Å². The highest BCUT2D eigenvalue weighted by molar-refractivity contribution is 7.92. The zero-order valence-corrected chi connectivity index (χ0v) is 14.4. The summed E-state index contributed by atoms with van der Waals surface area (Å²) in [6.07, 6.45) is 6.74. The predicted octanol–water partition coefficient (Wildman–Crippen LogP) is 2.04. The Balaban J connectivity index is 1.63. The van der Waals surface area contributed by atoms with Gasteiger partial charge in [-0.25, -0.2) is 18.1 Å². The number of nitrogens with zero attached hydrogens (tertiary/aromatic N) is 4. The van der Waals surface area contributed by atoms with E-state index in [1.807, 2.05) is 18.2 Å². The van der Waals surface area contributed by atoms with Gasteiger partial charge in [0, 0.05) is 24.6 Å². The van der Waals surface area contributed by atoms with Crippen molar-refractivity contribution in [3.05, 3.63) is 60.7 Å². The fraction of sp³-hybridized carbons (Fsp3) is 0.188. The first kappa shape index (κ1) is 16.9. The highest BCUT2D eigenvalue weighted by Gasteiger charge is 2.06. The van der Waals surface area contributed by atoms with Crippen molar-refractivity contribution < 1.29 is 8.42 Å². The molecule has 0 saturated heterocycles. The van der Waals surface area contributed by atoms with Gasteiger partial charge in [-0.2, -0.15) is 5.10 Å². The summed E-state index contributed by atoms with van der Waals surface area (Å²) in [7, 11) is -3.26. The number of hydrogen-bond donors (Lipinski definition) is 2. The van der Waals surface area contributed by atoms with Gasteiger partial charge in [0.05, 0.1) is 18.1 Å². The van der Waals surface area contributed by atoms with Crippen LogP contribution in [0.1, 0.15) is 12.5 Å². The first-order valence-corrected chi connectivity index (χ1v) is 9.36. The fourth-order valence-electron chi connectivity index (χ4n) is 2.09. The molecule has 0 saturated carbocycles. The number of anilines is 2. The van der Waals surface area contributed by atoms with E-state index in [4.69, 9.17) is 0 Å². The monoisotopic (exact) mass is 358 g/mol. The van der Waals surface area contributed by atoms with Crippen LogP contribution in [0.5, 0.6) is 0 Å². The number of sulfonamides is 1. The van der Waals surface area contributed by atoms with Gasteiger partial charge in [0.2, 0.25) is 10.0 Å². The Labute approximate surface area is 146 Å².